The molecule has 34 heavy (non-hydrogen) atoms. The summed E-state index contributed by atoms with van der Waals surface area (Å²) >= 11 is 0. The van der Waals surface area contributed by atoms with Crippen molar-refractivity contribution in [1.82, 2.24) is 0 Å². The summed E-state index contributed by atoms with van der Waals surface area (Å²) in [5, 5.41) is 0. The SMILES string of the molecule is CC=C(C)Cc1cc(OC)c(C)cc1C.CCOC(=O)C=C(C)Cc1cc(C)cc(C)c1OC. The molecule has 0 aromatic heterocycles. The minimum Gasteiger partial charge on any atom is -0.496 e. The number of benzene rings is 2. The highest BCUT2D eigenvalue weighted by molar-refractivity contribution is 5.82. The maximum Gasteiger partial charge on any atom is 0.330 e. The average Bonchev–Trinajstić information content (AvgIpc) is 2.75. The third-order valence-electron chi connectivity index (χ3n) is 5.64. The molecule has 0 saturated heterocycles. The number of methoxy groups -OCH3 is 2. The van der Waals surface area contributed by atoms with Gasteiger partial charge in [0.15, 0.2) is 0 Å². The van der Waals surface area contributed by atoms with E-state index >= 15 is 0 Å². The van der Waals surface area contributed by atoms with Crippen molar-refractivity contribution in [3.8, 4) is 11.5 Å². The normalized spacial score (nSPS) is 11.5. The molecule has 0 spiro atoms. The van der Waals surface area contributed by atoms with Gasteiger partial charge in [0.1, 0.15) is 11.5 Å². The molecule has 4 heteroatoms. The van der Waals surface area contributed by atoms with Crippen LogP contribution in [0.15, 0.2) is 47.6 Å². The van der Waals surface area contributed by atoms with Gasteiger partial charge in [0.25, 0.3) is 0 Å². The predicted octanol–water partition coefficient (Wildman–Crippen LogP) is 7.18. The summed E-state index contributed by atoms with van der Waals surface area (Å²) in [5.41, 5.74) is 9.65. The van der Waals surface area contributed by atoms with Crippen molar-refractivity contribution in [2.75, 3.05) is 20.8 Å². The molecule has 0 heterocycles. The van der Waals surface area contributed by atoms with Crippen molar-refractivity contribution in [2.24, 2.45) is 0 Å². The third-order valence-corrected chi connectivity index (χ3v) is 5.64. The molecule has 0 amide bonds. The van der Waals surface area contributed by atoms with Crippen molar-refractivity contribution >= 4 is 5.97 Å². The van der Waals surface area contributed by atoms with Gasteiger partial charge in [0, 0.05) is 6.08 Å². The summed E-state index contributed by atoms with van der Waals surface area (Å²) in [6.07, 6.45) is 5.40. The Morgan fingerprint density at radius 1 is 0.824 bits per heavy atom. The number of carbonyl (C=O) groups excluding carboxylic acids is 1. The van der Waals surface area contributed by atoms with E-state index in [1.54, 1.807) is 27.2 Å². The largest absolute Gasteiger partial charge is 0.496 e. The van der Waals surface area contributed by atoms with Gasteiger partial charge in [-0.3, -0.25) is 0 Å². The third kappa shape index (κ3) is 9.09. The number of hydrogen-bond donors (Lipinski definition) is 0. The second-order valence-electron chi connectivity index (χ2n) is 8.75. The summed E-state index contributed by atoms with van der Waals surface area (Å²) in [5.74, 6) is 1.59. The van der Waals surface area contributed by atoms with E-state index in [-0.39, 0.29) is 5.97 Å². The van der Waals surface area contributed by atoms with Gasteiger partial charge in [-0.2, -0.15) is 0 Å². The summed E-state index contributed by atoms with van der Waals surface area (Å²) in [7, 11) is 3.40. The summed E-state index contributed by atoms with van der Waals surface area (Å²) in [6, 6.07) is 8.52. The Hall–Kier alpha value is -3.01. The fourth-order valence-electron chi connectivity index (χ4n) is 3.89. The van der Waals surface area contributed by atoms with E-state index in [2.05, 4.69) is 65.0 Å². The number of aryl methyl sites for hydroxylation is 4. The van der Waals surface area contributed by atoms with Crippen LogP contribution in [-0.2, 0) is 22.4 Å². The molecule has 2 aromatic rings. The van der Waals surface area contributed by atoms with Crippen LogP contribution >= 0.6 is 0 Å². The van der Waals surface area contributed by atoms with Crippen LogP contribution in [0.1, 0.15) is 61.1 Å². The number of ether oxygens (including phenoxy) is 3. The molecule has 0 saturated carbocycles. The second-order valence-corrected chi connectivity index (χ2v) is 8.75. The lowest BCUT2D eigenvalue weighted by Crippen LogP contribution is -2.02. The van der Waals surface area contributed by atoms with Gasteiger partial charge < -0.3 is 14.2 Å². The van der Waals surface area contributed by atoms with Crippen molar-refractivity contribution in [1.29, 1.82) is 0 Å². The molecule has 0 bridgehead atoms. The maximum absolute atomic E-state index is 11.4. The fraction of sp³-hybridized carbons (Fsp3) is 0.433. The zero-order valence-corrected chi connectivity index (χ0v) is 22.7. The van der Waals surface area contributed by atoms with Gasteiger partial charge in [-0.15, -0.1) is 0 Å². The molecule has 0 aliphatic rings. The van der Waals surface area contributed by atoms with Gasteiger partial charge in [0.2, 0.25) is 0 Å². The molecule has 0 atom stereocenters. The maximum atomic E-state index is 11.4. The van der Waals surface area contributed by atoms with Gasteiger partial charge >= 0.3 is 5.97 Å². The first-order chi connectivity index (χ1) is 16.1. The van der Waals surface area contributed by atoms with Crippen LogP contribution < -0.4 is 9.47 Å². The highest BCUT2D eigenvalue weighted by Crippen LogP contribution is 2.27. The zero-order chi connectivity index (χ0) is 25.8. The first kappa shape index (κ1) is 29.0. The molecular formula is C30H42O4. The van der Waals surface area contributed by atoms with Crippen LogP contribution in [-0.4, -0.2) is 26.8 Å². The van der Waals surface area contributed by atoms with E-state index in [0.717, 1.165) is 34.6 Å². The number of rotatable bonds is 8. The van der Waals surface area contributed by atoms with Crippen molar-refractivity contribution in [3.05, 3.63) is 80.9 Å². The van der Waals surface area contributed by atoms with E-state index < -0.39 is 0 Å². The van der Waals surface area contributed by atoms with E-state index in [0.29, 0.717) is 13.0 Å². The number of allylic oxidation sites excluding steroid dienone is 3. The summed E-state index contributed by atoms with van der Waals surface area (Å²) < 4.78 is 15.7. The fourth-order valence-corrected chi connectivity index (χ4v) is 3.89. The van der Waals surface area contributed by atoms with E-state index in [9.17, 15) is 4.79 Å². The minimum absolute atomic E-state index is 0.289. The van der Waals surface area contributed by atoms with Crippen LogP contribution in [0.3, 0.4) is 0 Å². The zero-order valence-electron chi connectivity index (χ0n) is 22.7. The molecule has 186 valence electrons. The lowest BCUT2D eigenvalue weighted by atomic mass is 9.99. The van der Waals surface area contributed by atoms with Crippen LogP contribution in [0.2, 0.25) is 0 Å². The Morgan fingerprint density at radius 2 is 1.47 bits per heavy atom. The Kier molecular flexibility index (Phi) is 12.2. The first-order valence-corrected chi connectivity index (χ1v) is 11.8. The van der Waals surface area contributed by atoms with Gasteiger partial charge in [-0.1, -0.05) is 41.0 Å². The lowest BCUT2D eigenvalue weighted by molar-refractivity contribution is -0.137. The molecule has 2 aromatic carbocycles. The topological polar surface area (TPSA) is 44.8 Å². The minimum atomic E-state index is -0.289. The quantitative estimate of drug-likeness (QED) is 0.235. The van der Waals surface area contributed by atoms with Crippen molar-refractivity contribution in [2.45, 2.75) is 68.2 Å². The molecule has 2 rings (SSSR count). The standard InChI is InChI=1S/C16H22O3.C14H20O/c1-6-19-15(17)10-12(3)9-14-8-11(2)7-13(4)16(14)18-5;1-6-10(2)7-13-9-14(15-5)12(4)8-11(13)3/h7-8,10H,6,9H2,1-5H3;6,8-9H,7H2,1-5H3. The smallest absolute Gasteiger partial charge is 0.330 e. The molecule has 0 fully saturated rings. The number of hydrogen-bond acceptors (Lipinski definition) is 4. The lowest BCUT2D eigenvalue weighted by Gasteiger charge is -2.13. The molecule has 0 aliphatic heterocycles. The Balaban J connectivity index is 0.000000350. The highest BCUT2D eigenvalue weighted by Gasteiger charge is 2.09. The monoisotopic (exact) mass is 466 g/mol. The summed E-state index contributed by atoms with van der Waals surface area (Å²) in [6.45, 7) is 16.7. The van der Waals surface area contributed by atoms with Crippen LogP contribution in [0.4, 0.5) is 0 Å². The molecule has 0 N–H and O–H groups in total. The van der Waals surface area contributed by atoms with Crippen molar-refractivity contribution < 1.29 is 19.0 Å². The molecule has 0 radical (unpaired) electrons. The van der Waals surface area contributed by atoms with E-state index in [4.69, 9.17) is 14.2 Å². The van der Waals surface area contributed by atoms with Crippen molar-refractivity contribution in [3.63, 3.8) is 0 Å². The molecule has 0 unspecified atom stereocenters. The van der Waals surface area contributed by atoms with E-state index in [1.807, 2.05) is 13.8 Å². The Bertz CT molecular complexity index is 1030. The predicted molar refractivity (Wildman–Crippen MR) is 142 cm³/mol. The highest BCUT2D eigenvalue weighted by atomic mass is 16.5. The average molecular weight is 467 g/mol. The van der Waals surface area contributed by atoms with Crippen LogP contribution in [0, 0.1) is 27.7 Å². The molecule has 4 nitrogen and oxygen atoms in total. The Morgan fingerprint density at radius 3 is 2.03 bits per heavy atom. The molecular weight excluding hydrogens is 424 g/mol. The van der Waals surface area contributed by atoms with Crippen LogP contribution in [0.5, 0.6) is 11.5 Å². The first-order valence-electron chi connectivity index (χ1n) is 11.8. The Labute approximate surface area is 206 Å². The van der Waals surface area contributed by atoms with Crippen LogP contribution in [0.25, 0.3) is 0 Å². The van der Waals surface area contributed by atoms with E-state index in [1.165, 1.54) is 27.8 Å². The van der Waals surface area contributed by atoms with Gasteiger partial charge in [-0.25, -0.2) is 4.79 Å². The van der Waals surface area contributed by atoms with Gasteiger partial charge in [-0.05, 0) is 102 Å². The number of esters is 1. The van der Waals surface area contributed by atoms with Gasteiger partial charge in [0.05, 0.1) is 20.8 Å². The number of carbonyl (C=O) groups is 1. The molecule has 0 aliphatic carbocycles. The second kappa shape index (κ2) is 14.3. The summed E-state index contributed by atoms with van der Waals surface area (Å²) in [4.78, 5) is 11.4.